The quantitative estimate of drug-likeness (QED) is 0.512. The van der Waals surface area contributed by atoms with Gasteiger partial charge in [0.25, 0.3) is 11.8 Å². The summed E-state index contributed by atoms with van der Waals surface area (Å²) in [7, 11) is 0. The van der Waals surface area contributed by atoms with Gasteiger partial charge in [-0.05, 0) is 36.8 Å². The highest BCUT2D eigenvalue weighted by Crippen LogP contribution is 2.26. The zero-order valence-corrected chi connectivity index (χ0v) is 13.8. The number of benzene rings is 2. The summed E-state index contributed by atoms with van der Waals surface area (Å²) in [5, 5.41) is 0. The molecule has 25 heavy (non-hydrogen) atoms. The van der Waals surface area contributed by atoms with E-state index < -0.39 is 23.8 Å². The Kier molecular flexibility index (Phi) is 4.52. The molecule has 2 amide bonds. The first-order chi connectivity index (χ1) is 12.0. The van der Waals surface area contributed by atoms with Crippen molar-refractivity contribution in [1.82, 2.24) is 4.90 Å². The maximum absolute atomic E-state index is 12.7. The van der Waals surface area contributed by atoms with Gasteiger partial charge in [-0.3, -0.25) is 14.5 Å². The highest BCUT2D eigenvalue weighted by atomic mass is 16.5. The Morgan fingerprint density at radius 1 is 1.04 bits per heavy atom. The SMILES string of the molecule is CCOC(=O)[C@@H](Cc1ccc(N)cc1)N1C(=O)c2ccccc2C1=O. The lowest BCUT2D eigenvalue weighted by Crippen LogP contribution is -2.47. The lowest BCUT2D eigenvalue weighted by molar-refractivity contribution is -0.147. The summed E-state index contributed by atoms with van der Waals surface area (Å²) in [6, 6.07) is 12.5. The van der Waals surface area contributed by atoms with Gasteiger partial charge in [0.1, 0.15) is 6.04 Å². The van der Waals surface area contributed by atoms with Gasteiger partial charge in [-0.15, -0.1) is 0 Å². The molecule has 2 aromatic carbocycles. The second-order valence-corrected chi connectivity index (χ2v) is 5.74. The molecular weight excluding hydrogens is 320 g/mol. The van der Waals surface area contributed by atoms with Crippen molar-refractivity contribution < 1.29 is 19.1 Å². The maximum Gasteiger partial charge on any atom is 0.329 e. The van der Waals surface area contributed by atoms with Crippen molar-refractivity contribution >= 4 is 23.5 Å². The van der Waals surface area contributed by atoms with E-state index >= 15 is 0 Å². The number of ether oxygens (including phenoxy) is 1. The van der Waals surface area contributed by atoms with E-state index in [1.165, 1.54) is 0 Å². The lowest BCUT2D eigenvalue weighted by Gasteiger charge is -2.24. The summed E-state index contributed by atoms with van der Waals surface area (Å²) >= 11 is 0. The number of nitrogens with two attached hydrogens (primary N) is 1. The number of anilines is 1. The average Bonchev–Trinajstić information content (AvgIpc) is 2.86. The van der Waals surface area contributed by atoms with E-state index in [2.05, 4.69) is 0 Å². The van der Waals surface area contributed by atoms with Crippen LogP contribution < -0.4 is 5.73 Å². The standard InChI is InChI=1S/C19H18N2O4/c1-2-25-19(24)16(11-12-7-9-13(20)10-8-12)21-17(22)14-5-3-4-6-15(14)18(21)23/h3-10,16H,2,11,20H2,1H3/t16-/m1/s1. The molecule has 6 nitrogen and oxygen atoms in total. The lowest BCUT2D eigenvalue weighted by atomic mass is 10.0. The number of esters is 1. The Labute approximate surface area is 145 Å². The van der Waals surface area contributed by atoms with Crippen molar-refractivity contribution in [2.75, 3.05) is 12.3 Å². The molecule has 0 bridgehead atoms. The fraction of sp³-hybridized carbons (Fsp3) is 0.211. The predicted octanol–water partition coefficient (Wildman–Crippen LogP) is 2.04. The van der Waals surface area contributed by atoms with Crippen LogP contribution in [0.4, 0.5) is 5.69 Å². The minimum atomic E-state index is -1.02. The highest BCUT2D eigenvalue weighted by molar-refractivity contribution is 6.22. The fourth-order valence-electron chi connectivity index (χ4n) is 2.89. The molecule has 128 valence electrons. The Bertz CT molecular complexity index is 795. The molecule has 0 aliphatic carbocycles. The van der Waals surface area contributed by atoms with E-state index in [1.807, 2.05) is 0 Å². The van der Waals surface area contributed by atoms with E-state index in [1.54, 1.807) is 55.5 Å². The highest BCUT2D eigenvalue weighted by Gasteiger charge is 2.43. The van der Waals surface area contributed by atoms with Gasteiger partial charge in [0.05, 0.1) is 17.7 Å². The van der Waals surface area contributed by atoms with Crippen molar-refractivity contribution in [3.8, 4) is 0 Å². The summed E-state index contributed by atoms with van der Waals surface area (Å²) in [6.45, 7) is 1.85. The fourth-order valence-corrected chi connectivity index (χ4v) is 2.89. The smallest absolute Gasteiger partial charge is 0.329 e. The molecule has 0 aromatic heterocycles. The largest absolute Gasteiger partial charge is 0.464 e. The molecule has 1 aliphatic heterocycles. The molecule has 0 fully saturated rings. The van der Waals surface area contributed by atoms with Gasteiger partial charge in [0, 0.05) is 12.1 Å². The number of fused-ring (bicyclic) bond motifs is 1. The van der Waals surface area contributed by atoms with Gasteiger partial charge in [-0.2, -0.15) is 0 Å². The van der Waals surface area contributed by atoms with Crippen LogP contribution in [0.3, 0.4) is 0 Å². The van der Waals surface area contributed by atoms with Crippen LogP contribution in [0.1, 0.15) is 33.2 Å². The molecular formula is C19H18N2O4. The third-order valence-electron chi connectivity index (χ3n) is 4.10. The van der Waals surface area contributed by atoms with Crippen molar-refractivity contribution in [3.05, 3.63) is 65.2 Å². The second kappa shape index (κ2) is 6.76. The molecule has 0 unspecified atom stereocenters. The van der Waals surface area contributed by atoms with E-state index in [0.29, 0.717) is 16.8 Å². The average molecular weight is 338 g/mol. The number of imide groups is 1. The van der Waals surface area contributed by atoms with Gasteiger partial charge in [-0.25, -0.2) is 4.79 Å². The van der Waals surface area contributed by atoms with E-state index in [4.69, 9.17) is 10.5 Å². The molecule has 0 spiro atoms. The van der Waals surface area contributed by atoms with Crippen LogP contribution in [0.15, 0.2) is 48.5 Å². The van der Waals surface area contributed by atoms with Crippen molar-refractivity contribution in [3.63, 3.8) is 0 Å². The van der Waals surface area contributed by atoms with Crippen LogP contribution in [0.25, 0.3) is 0 Å². The molecule has 0 radical (unpaired) electrons. The number of hydrogen-bond acceptors (Lipinski definition) is 5. The molecule has 0 saturated carbocycles. The number of hydrogen-bond donors (Lipinski definition) is 1. The molecule has 1 heterocycles. The van der Waals surface area contributed by atoms with Crippen LogP contribution in [0, 0.1) is 0 Å². The van der Waals surface area contributed by atoms with E-state index in [-0.39, 0.29) is 13.0 Å². The van der Waals surface area contributed by atoms with Crippen LogP contribution in [-0.2, 0) is 16.0 Å². The first-order valence-electron chi connectivity index (χ1n) is 8.01. The molecule has 6 heteroatoms. The van der Waals surface area contributed by atoms with Gasteiger partial charge in [-0.1, -0.05) is 24.3 Å². The summed E-state index contributed by atoms with van der Waals surface area (Å²) < 4.78 is 5.10. The summed E-state index contributed by atoms with van der Waals surface area (Å²) in [6.07, 6.45) is 0.171. The zero-order valence-electron chi connectivity index (χ0n) is 13.8. The monoisotopic (exact) mass is 338 g/mol. The number of carbonyl (C=O) groups is 3. The topological polar surface area (TPSA) is 89.7 Å². The molecule has 2 aromatic rings. The van der Waals surface area contributed by atoms with Gasteiger partial charge in [0.2, 0.25) is 0 Å². The van der Waals surface area contributed by atoms with Gasteiger partial charge >= 0.3 is 5.97 Å². The van der Waals surface area contributed by atoms with Crippen molar-refractivity contribution in [1.29, 1.82) is 0 Å². The number of amides is 2. The van der Waals surface area contributed by atoms with E-state index in [9.17, 15) is 14.4 Å². The van der Waals surface area contributed by atoms with Gasteiger partial charge in [0.15, 0.2) is 0 Å². The van der Waals surface area contributed by atoms with Crippen LogP contribution in [0.5, 0.6) is 0 Å². The number of rotatable bonds is 5. The Balaban J connectivity index is 1.95. The van der Waals surface area contributed by atoms with Crippen molar-refractivity contribution in [2.24, 2.45) is 0 Å². The third kappa shape index (κ3) is 3.10. The number of nitrogen functional groups attached to an aromatic ring is 1. The molecule has 2 N–H and O–H groups in total. The number of carbonyl (C=O) groups excluding carboxylic acids is 3. The minimum absolute atomic E-state index is 0.167. The predicted molar refractivity (Wildman–Crippen MR) is 91.9 cm³/mol. The Hall–Kier alpha value is -3.15. The Morgan fingerprint density at radius 3 is 2.12 bits per heavy atom. The van der Waals surface area contributed by atoms with Crippen LogP contribution >= 0.6 is 0 Å². The first-order valence-corrected chi connectivity index (χ1v) is 8.01. The zero-order chi connectivity index (χ0) is 18.0. The molecule has 3 rings (SSSR count). The molecule has 0 saturated heterocycles. The normalized spacial score (nSPS) is 14.4. The Morgan fingerprint density at radius 2 is 1.60 bits per heavy atom. The van der Waals surface area contributed by atoms with Gasteiger partial charge < -0.3 is 10.5 Å². The van der Waals surface area contributed by atoms with Crippen LogP contribution in [-0.4, -0.2) is 35.3 Å². The number of nitrogens with zero attached hydrogens (tertiary/aromatic N) is 1. The second-order valence-electron chi connectivity index (χ2n) is 5.74. The third-order valence-corrected chi connectivity index (χ3v) is 4.10. The molecule has 1 aliphatic rings. The summed E-state index contributed by atoms with van der Waals surface area (Å²) in [4.78, 5) is 38.8. The summed E-state index contributed by atoms with van der Waals surface area (Å²) in [5.74, 6) is -1.56. The van der Waals surface area contributed by atoms with E-state index in [0.717, 1.165) is 10.5 Å². The summed E-state index contributed by atoms with van der Waals surface area (Å²) in [5.41, 5.74) is 7.66. The minimum Gasteiger partial charge on any atom is -0.464 e. The van der Waals surface area contributed by atoms with Crippen LogP contribution in [0.2, 0.25) is 0 Å². The molecule has 1 atom stereocenters. The van der Waals surface area contributed by atoms with Crippen molar-refractivity contribution in [2.45, 2.75) is 19.4 Å². The maximum atomic E-state index is 12.7. The first kappa shape index (κ1) is 16.7.